The Morgan fingerprint density at radius 2 is 2.29 bits per heavy atom. The van der Waals surface area contributed by atoms with E-state index in [1.807, 2.05) is 6.07 Å². The predicted molar refractivity (Wildman–Crippen MR) is 64.8 cm³/mol. The molecule has 1 N–H and O–H groups in total. The van der Waals surface area contributed by atoms with E-state index in [2.05, 4.69) is 12.2 Å². The number of benzene rings is 1. The van der Waals surface area contributed by atoms with Crippen LogP contribution in [0.15, 0.2) is 18.2 Å². The fraction of sp³-hybridized carbons (Fsp3) is 0.500. The molecule has 1 aliphatic carbocycles. The summed E-state index contributed by atoms with van der Waals surface area (Å²) in [7, 11) is 0. The summed E-state index contributed by atoms with van der Waals surface area (Å²) in [6, 6.07) is 7.34. The Labute approximate surface area is 101 Å². The molecule has 17 heavy (non-hydrogen) atoms. The van der Waals surface area contributed by atoms with Crippen LogP contribution >= 0.6 is 0 Å². The summed E-state index contributed by atoms with van der Waals surface area (Å²) in [5, 5.41) is 12.1. The molecule has 3 heteroatoms. The molecule has 2 unspecified atom stereocenters. The van der Waals surface area contributed by atoms with E-state index in [4.69, 9.17) is 5.26 Å². The first-order valence-electron chi connectivity index (χ1n) is 6.13. The van der Waals surface area contributed by atoms with Gasteiger partial charge in [-0.3, -0.25) is 0 Å². The quantitative estimate of drug-likeness (QED) is 0.869. The highest BCUT2D eigenvalue weighted by Crippen LogP contribution is 2.25. The molecule has 0 saturated heterocycles. The van der Waals surface area contributed by atoms with Gasteiger partial charge in [0.25, 0.3) is 0 Å². The third-order valence-electron chi connectivity index (χ3n) is 3.62. The lowest BCUT2D eigenvalue weighted by Crippen LogP contribution is -2.30. The molecule has 0 bridgehead atoms. The van der Waals surface area contributed by atoms with Gasteiger partial charge in [0.15, 0.2) is 0 Å². The lowest BCUT2D eigenvalue weighted by atomic mass is 10.1. The summed E-state index contributed by atoms with van der Waals surface area (Å²) in [6.45, 7) is 2.74. The Balaban J connectivity index is 2.02. The lowest BCUT2D eigenvalue weighted by Gasteiger charge is -2.17. The molecule has 2 nitrogen and oxygen atoms in total. The van der Waals surface area contributed by atoms with Crippen LogP contribution in [-0.2, 0) is 6.54 Å². The molecule has 90 valence electrons. The molecule has 0 aliphatic heterocycles. The summed E-state index contributed by atoms with van der Waals surface area (Å²) in [5.74, 6) is 0.283. The molecule has 2 atom stereocenters. The van der Waals surface area contributed by atoms with Gasteiger partial charge in [-0.15, -0.1) is 0 Å². The van der Waals surface area contributed by atoms with Gasteiger partial charge in [0.2, 0.25) is 0 Å². The molecule has 0 aromatic heterocycles. The van der Waals surface area contributed by atoms with E-state index in [0.29, 0.717) is 24.1 Å². The zero-order valence-electron chi connectivity index (χ0n) is 10.0. The first kappa shape index (κ1) is 12.1. The molecular formula is C14H17FN2. The number of nitrogens with one attached hydrogen (secondary N) is 1. The molecular weight excluding hydrogens is 215 g/mol. The largest absolute Gasteiger partial charge is 0.310 e. The Bertz CT molecular complexity index is 436. The van der Waals surface area contributed by atoms with E-state index >= 15 is 0 Å². The third kappa shape index (κ3) is 2.65. The maximum Gasteiger partial charge on any atom is 0.145 e. The Hall–Kier alpha value is -1.40. The second-order valence-corrected chi connectivity index (χ2v) is 4.79. The SMILES string of the molecule is CC1CCCC1NCc1cccc(C#N)c1F. The van der Waals surface area contributed by atoms with Crippen molar-refractivity contribution in [1.29, 1.82) is 5.26 Å². The molecule has 1 saturated carbocycles. The summed E-state index contributed by atoms with van der Waals surface area (Å²) in [6.07, 6.45) is 3.67. The smallest absolute Gasteiger partial charge is 0.145 e. The fourth-order valence-electron chi connectivity index (χ4n) is 2.49. The highest BCUT2D eigenvalue weighted by molar-refractivity contribution is 5.34. The van der Waals surface area contributed by atoms with Crippen LogP contribution in [0.1, 0.15) is 37.3 Å². The van der Waals surface area contributed by atoms with Crippen LogP contribution < -0.4 is 5.32 Å². The number of hydrogen-bond donors (Lipinski definition) is 1. The van der Waals surface area contributed by atoms with Gasteiger partial charge in [-0.05, 0) is 24.8 Å². The van der Waals surface area contributed by atoms with Crippen LogP contribution in [0.2, 0.25) is 0 Å². The van der Waals surface area contributed by atoms with Gasteiger partial charge < -0.3 is 5.32 Å². The average Bonchev–Trinajstić information content (AvgIpc) is 2.74. The van der Waals surface area contributed by atoms with Crippen molar-refractivity contribution in [2.24, 2.45) is 5.92 Å². The van der Waals surface area contributed by atoms with Crippen LogP contribution in [0, 0.1) is 23.1 Å². The monoisotopic (exact) mass is 232 g/mol. The van der Waals surface area contributed by atoms with E-state index in [-0.39, 0.29) is 11.4 Å². The Morgan fingerprint density at radius 1 is 1.47 bits per heavy atom. The van der Waals surface area contributed by atoms with Gasteiger partial charge in [0, 0.05) is 18.2 Å². The molecule has 1 aromatic carbocycles. The standard InChI is InChI=1S/C14H17FN2/c1-10-4-2-7-13(10)17-9-12-6-3-5-11(8-16)14(12)15/h3,5-6,10,13,17H,2,4,7,9H2,1H3. The second kappa shape index (κ2) is 5.29. The number of nitriles is 1. The average molecular weight is 232 g/mol. The minimum atomic E-state index is -0.381. The molecule has 0 radical (unpaired) electrons. The highest BCUT2D eigenvalue weighted by Gasteiger charge is 2.22. The van der Waals surface area contributed by atoms with Crippen LogP contribution in [0.5, 0.6) is 0 Å². The Kier molecular flexibility index (Phi) is 3.75. The Morgan fingerprint density at radius 3 is 2.94 bits per heavy atom. The maximum atomic E-state index is 13.8. The molecule has 1 aromatic rings. The minimum absolute atomic E-state index is 0.128. The van der Waals surface area contributed by atoms with Crippen molar-refractivity contribution in [3.05, 3.63) is 35.1 Å². The van der Waals surface area contributed by atoms with Gasteiger partial charge >= 0.3 is 0 Å². The zero-order valence-corrected chi connectivity index (χ0v) is 10.0. The summed E-state index contributed by atoms with van der Waals surface area (Å²) in [5.41, 5.74) is 0.715. The van der Waals surface area contributed by atoms with E-state index in [1.54, 1.807) is 12.1 Å². The van der Waals surface area contributed by atoms with Gasteiger partial charge in [-0.25, -0.2) is 4.39 Å². The summed E-state index contributed by atoms with van der Waals surface area (Å²) < 4.78 is 13.8. The first-order valence-corrected chi connectivity index (χ1v) is 6.13. The first-order chi connectivity index (χ1) is 8.22. The van der Waals surface area contributed by atoms with Gasteiger partial charge in [0.1, 0.15) is 11.9 Å². The molecule has 0 amide bonds. The van der Waals surface area contributed by atoms with Crippen molar-refractivity contribution >= 4 is 0 Å². The van der Waals surface area contributed by atoms with Crippen LogP contribution in [0.4, 0.5) is 4.39 Å². The highest BCUT2D eigenvalue weighted by atomic mass is 19.1. The second-order valence-electron chi connectivity index (χ2n) is 4.79. The molecule has 1 fully saturated rings. The van der Waals surface area contributed by atoms with E-state index in [9.17, 15) is 4.39 Å². The number of nitrogens with zero attached hydrogens (tertiary/aromatic N) is 1. The molecule has 0 heterocycles. The minimum Gasteiger partial charge on any atom is -0.310 e. The van der Waals surface area contributed by atoms with E-state index in [1.165, 1.54) is 25.3 Å². The maximum absolute atomic E-state index is 13.8. The number of hydrogen-bond acceptors (Lipinski definition) is 2. The van der Waals surface area contributed by atoms with E-state index < -0.39 is 0 Å². The van der Waals surface area contributed by atoms with Crippen molar-refractivity contribution in [1.82, 2.24) is 5.32 Å². The zero-order chi connectivity index (χ0) is 12.3. The van der Waals surface area contributed by atoms with Crippen molar-refractivity contribution < 1.29 is 4.39 Å². The van der Waals surface area contributed by atoms with E-state index in [0.717, 1.165) is 0 Å². The van der Waals surface area contributed by atoms with Crippen molar-refractivity contribution in [3.8, 4) is 6.07 Å². The normalized spacial score (nSPS) is 23.6. The molecule has 1 aliphatic rings. The van der Waals surface area contributed by atoms with Crippen molar-refractivity contribution in [2.75, 3.05) is 0 Å². The summed E-state index contributed by atoms with van der Waals surface area (Å²) >= 11 is 0. The number of halogens is 1. The van der Waals surface area contributed by atoms with Crippen LogP contribution in [-0.4, -0.2) is 6.04 Å². The number of rotatable bonds is 3. The topological polar surface area (TPSA) is 35.8 Å². The third-order valence-corrected chi connectivity index (χ3v) is 3.62. The summed E-state index contributed by atoms with van der Waals surface area (Å²) in [4.78, 5) is 0. The van der Waals surface area contributed by atoms with Gasteiger partial charge in [-0.2, -0.15) is 5.26 Å². The predicted octanol–water partition coefficient (Wildman–Crippen LogP) is 2.98. The van der Waals surface area contributed by atoms with Crippen LogP contribution in [0.3, 0.4) is 0 Å². The van der Waals surface area contributed by atoms with Crippen molar-refractivity contribution in [3.63, 3.8) is 0 Å². The molecule has 2 rings (SSSR count). The lowest BCUT2D eigenvalue weighted by molar-refractivity contribution is 0.421. The van der Waals surface area contributed by atoms with Gasteiger partial charge in [-0.1, -0.05) is 25.5 Å². The fourth-order valence-corrected chi connectivity index (χ4v) is 2.49. The van der Waals surface area contributed by atoms with Crippen molar-refractivity contribution in [2.45, 2.75) is 38.8 Å². The van der Waals surface area contributed by atoms with Crippen LogP contribution in [0.25, 0.3) is 0 Å². The van der Waals surface area contributed by atoms with Gasteiger partial charge in [0.05, 0.1) is 5.56 Å². The molecule has 0 spiro atoms.